The van der Waals surface area contributed by atoms with Gasteiger partial charge in [0.1, 0.15) is 0 Å². The Morgan fingerprint density at radius 2 is 2.04 bits per heavy atom. The number of methoxy groups -OCH3 is 1. The van der Waals surface area contributed by atoms with Crippen LogP contribution >= 0.6 is 0 Å². The van der Waals surface area contributed by atoms with Crippen molar-refractivity contribution in [1.82, 2.24) is 0 Å². The van der Waals surface area contributed by atoms with E-state index >= 15 is 0 Å². The molecule has 0 saturated carbocycles. The van der Waals surface area contributed by atoms with Gasteiger partial charge in [0, 0.05) is 11.6 Å². The van der Waals surface area contributed by atoms with Crippen molar-refractivity contribution in [3.05, 3.63) is 57.6 Å². The first-order chi connectivity index (χ1) is 11.7. The number of nitrogens with zero attached hydrogens (tertiary/aromatic N) is 2. The van der Waals surface area contributed by atoms with E-state index in [1.165, 1.54) is 25.3 Å². The Hall–Kier alpha value is -3.30. The van der Waals surface area contributed by atoms with E-state index in [1.54, 1.807) is 0 Å². The number of ether oxygens (including phenoxy) is 1. The summed E-state index contributed by atoms with van der Waals surface area (Å²) in [5.41, 5.74) is 1.28. The van der Waals surface area contributed by atoms with E-state index in [9.17, 15) is 28.4 Å². The monoisotopic (exact) mass is 355 g/mol. The van der Waals surface area contributed by atoms with Gasteiger partial charge < -0.3 is 9.84 Å². The molecule has 0 radical (unpaired) electrons. The molecule has 10 heteroatoms. The number of halogens is 3. The fourth-order valence-electron chi connectivity index (χ4n) is 1.93. The summed E-state index contributed by atoms with van der Waals surface area (Å²) in [7, 11) is 1.22. The first-order valence-electron chi connectivity index (χ1n) is 6.74. The van der Waals surface area contributed by atoms with Crippen molar-refractivity contribution < 1.29 is 27.9 Å². The predicted molar refractivity (Wildman–Crippen MR) is 84.0 cm³/mol. The second kappa shape index (κ2) is 7.07. The summed E-state index contributed by atoms with van der Waals surface area (Å²) < 4.78 is 42.7. The molecule has 0 amide bonds. The zero-order chi connectivity index (χ0) is 18.6. The molecule has 0 fully saturated rings. The molecule has 2 rings (SSSR count). The molecule has 0 atom stereocenters. The molecule has 0 aliphatic carbocycles. The van der Waals surface area contributed by atoms with Crippen molar-refractivity contribution in [3.63, 3.8) is 0 Å². The maximum atomic E-state index is 12.6. The van der Waals surface area contributed by atoms with Crippen LogP contribution < -0.4 is 10.2 Å². The Labute approximate surface area is 139 Å². The number of phenolic OH excluding ortho intramolecular Hbond substituents is 1. The number of alkyl halides is 3. The lowest BCUT2D eigenvalue weighted by atomic mass is 10.2. The molecule has 0 spiro atoms. The fraction of sp³-hybridized carbons (Fsp3) is 0.133. The summed E-state index contributed by atoms with van der Waals surface area (Å²) in [4.78, 5) is 10.1. The van der Waals surface area contributed by atoms with Crippen LogP contribution in [0.4, 0.5) is 24.5 Å². The molecule has 0 aliphatic heterocycles. The minimum absolute atomic E-state index is 0.0892. The lowest BCUT2D eigenvalue weighted by Gasteiger charge is -2.08. The van der Waals surface area contributed by atoms with Crippen LogP contribution in [0.25, 0.3) is 0 Å². The molecule has 0 aromatic heterocycles. The van der Waals surface area contributed by atoms with Crippen LogP contribution in [-0.4, -0.2) is 23.4 Å². The van der Waals surface area contributed by atoms with Gasteiger partial charge in [0.2, 0.25) is 5.75 Å². The number of nitro groups is 1. The van der Waals surface area contributed by atoms with Crippen LogP contribution in [0.3, 0.4) is 0 Å². The quantitative estimate of drug-likeness (QED) is 0.483. The minimum Gasteiger partial charge on any atom is -0.500 e. The van der Waals surface area contributed by atoms with Crippen molar-refractivity contribution in [2.45, 2.75) is 6.18 Å². The van der Waals surface area contributed by atoms with Gasteiger partial charge in [0.05, 0.1) is 29.5 Å². The standard InChI is InChI=1S/C15H12F3N3O4/c1-25-13-6-9(5-12(14(13)22)21(23)24)8-19-20-11-4-2-3-10(7-11)15(16,17)18/h2-8,20,22H,1H3. The van der Waals surface area contributed by atoms with Gasteiger partial charge in [-0.05, 0) is 24.3 Å². The molecule has 0 unspecified atom stereocenters. The molecular formula is C15H12F3N3O4. The maximum Gasteiger partial charge on any atom is 0.416 e. The Morgan fingerprint density at radius 3 is 2.64 bits per heavy atom. The highest BCUT2D eigenvalue weighted by molar-refractivity contribution is 5.83. The van der Waals surface area contributed by atoms with Crippen molar-refractivity contribution in [1.29, 1.82) is 0 Å². The largest absolute Gasteiger partial charge is 0.500 e. The third-order valence-corrected chi connectivity index (χ3v) is 3.09. The summed E-state index contributed by atoms with van der Waals surface area (Å²) in [6.07, 6.45) is -3.33. The van der Waals surface area contributed by atoms with Crippen LogP contribution in [0.5, 0.6) is 11.5 Å². The van der Waals surface area contributed by atoms with E-state index in [-0.39, 0.29) is 17.0 Å². The number of phenols is 1. The van der Waals surface area contributed by atoms with Crippen LogP contribution in [0, 0.1) is 10.1 Å². The van der Waals surface area contributed by atoms with Gasteiger partial charge in [-0.15, -0.1) is 0 Å². The Morgan fingerprint density at radius 1 is 1.32 bits per heavy atom. The highest BCUT2D eigenvalue weighted by Gasteiger charge is 2.30. The molecular weight excluding hydrogens is 343 g/mol. The third kappa shape index (κ3) is 4.37. The Balaban J connectivity index is 2.23. The molecule has 0 heterocycles. The predicted octanol–water partition coefficient (Wildman–Crippen LogP) is 3.77. The average molecular weight is 355 g/mol. The van der Waals surface area contributed by atoms with E-state index in [0.717, 1.165) is 24.4 Å². The van der Waals surface area contributed by atoms with Gasteiger partial charge in [0.15, 0.2) is 5.75 Å². The number of nitrogens with one attached hydrogen (secondary N) is 1. The van der Waals surface area contributed by atoms with Crippen molar-refractivity contribution in [3.8, 4) is 11.5 Å². The van der Waals surface area contributed by atoms with E-state index in [4.69, 9.17) is 4.74 Å². The molecule has 2 aromatic carbocycles. The first kappa shape index (κ1) is 18.0. The summed E-state index contributed by atoms with van der Waals surface area (Å²) in [5, 5.41) is 24.3. The van der Waals surface area contributed by atoms with E-state index in [1.807, 2.05) is 0 Å². The summed E-state index contributed by atoms with van der Waals surface area (Å²) in [6.45, 7) is 0. The van der Waals surface area contributed by atoms with Gasteiger partial charge >= 0.3 is 11.9 Å². The number of hydrogen-bond donors (Lipinski definition) is 2. The van der Waals surface area contributed by atoms with Gasteiger partial charge in [-0.25, -0.2) is 0 Å². The number of rotatable bonds is 5. The number of anilines is 1. The summed E-state index contributed by atoms with van der Waals surface area (Å²) >= 11 is 0. The zero-order valence-corrected chi connectivity index (χ0v) is 12.7. The highest BCUT2D eigenvalue weighted by atomic mass is 19.4. The van der Waals surface area contributed by atoms with Crippen molar-refractivity contribution in [2.24, 2.45) is 5.10 Å². The zero-order valence-electron chi connectivity index (χ0n) is 12.7. The van der Waals surface area contributed by atoms with Crippen LogP contribution in [0.1, 0.15) is 11.1 Å². The van der Waals surface area contributed by atoms with Gasteiger partial charge in [-0.3, -0.25) is 15.5 Å². The number of hydrogen-bond acceptors (Lipinski definition) is 6. The summed E-state index contributed by atoms with van der Waals surface area (Å²) in [6, 6.07) is 6.73. The minimum atomic E-state index is -4.48. The second-order valence-electron chi connectivity index (χ2n) is 4.80. The molecule has 0 saturated heterocycles. The van der Waals surface area contributed by atoms with E-state index < -0.39 is 28.1 Å². The molecule has 25 heavy (non-hydrogen) atoms. The highest BCUT2D eigenvalue weighted by Crippen LogP contribution is 2.36. The normalized spacial score (nSPS) is 11.5. The van der Waals surface area contributed by atoms with E-state index in [0.29, 0.717) is 0 Å². The molecule has 2 N–H and O–H groups in total. The molecule has 0 bridgehead atoms. The maximum absolute atomic E-state index is 12.6. The SMILES string of the molecule is COc1cc(C=NNc2cccc(C(F)(F)F)c2)cc([N+](=O)[O-])c1O. The Kier molecular flexibility index (Phi) is 5.11. The topological polar surface area (TPSA) is 97.0 Å². The van der Waals surface area contributed by atoms with E-state index in [2.05, 4.69) is 10.5 Å². The van der Waals surface area contributed by atoms with Gasteiger partial charge in [-0.2, -0.15) is 18.3 Å². The lowest BCUT2D eigenvalue weighted by Crippen LogP contribution is -2.05. The van der Waals surface area contributed by atoms with Gasteiger partial charge in [0.25, 0.3) is 0 Å². The van der Waals surface area contributed by atoms with Crippen molar-refractivity contribution >= 4 is 17.6 Å². The molecule has 7 nitrogen and oxygen atoms in total. The summed E-state index contributed by atoms with van der Waals surface area (Å²) in [5.74, 6) is -0.759. The molecule has 2 aromatic rings. The van der Waals surface area contributed by atoms with Gasteiger partial charge in [-0.1, -0.05) is 6.07 Å². The first-order valence-corrected chi connectivity index (χ1v) is 6.74. The van der Waals surface area contributed by atoms with Crippen LogP contribution in [0.2, 0.25) is 0 Å². The van der Waals surface area contributed by atoms with Crippen molar-refractivity contribution in [2.75, 3.05) is 12.5 Å². The number of hydrazone groups is 1. The Bertz CT molecular complexity index is 822. The number of nitro benzene ring substituents is 1. The smallest absolute Gasteiger partial charge is 0.416 e. The number of benzene rings is 2. The van der Waals surface area contributed by atoms with Crippen LogP contribution in [0.15, 0.2) is 41.5 Å². The van der Waals surface area contributed by atoms with Crippen LogP contribution in [-0.2, 0) is 6.18 Å². The molecule has 132 valence electrons. The fourth-order valence-corrected chi connectivity index (χ4v) is 1.93. The second-order valence-corrected chi connectivity index (χ2v) is 4.80. The lowest BCUT2D eigenvalue weighted by molar-refractivity contribution is -0.386. The number of aromatic hydroxyl groups is 1. The average Bonchev–Trinajstić information content (AvgIpc) is 2.55. The third-order valence-electron chi connectivity index (χ3n) is 3.09. The molecule has 0 aliphatic rings.